The normalized spacial score (nSPS) is 11.8. The lowest BCUT2D eigenvalue weighted by Crippen LogP contribution is -2.23. The smallest absolute Gasteiger partial charge is 0.207 e. The Hall–Kier alpha value is -2.40. The van der Waals surface area contributed by atoms with Gasteiger partial charge < -0.3 is 0 Å². The van der Waals surface area contributed by atoms with Crippen LogP contribution in [0.5, 0.6) is 0 Å². The fourth-order valence-electron chi connectivity index (χ4n) is 2.59. The van der Waals surface area contributed by atoms with Crippen LogP contribution in [-0.2, 0) is 16.6 Å². The van der Waals surface area contributed by atoms with E-state index in [0.717, 1.165) is 22.3 Å². The zero-order valence-corrected chi connectivity index (χ0v) is 16.5. The largest absolute Gasteiger partial charge is 0.240 e. The maximum Gasteiger partial charge on any atom is 0.240 e. The van der Waals surface area contributed by atoms with Crippen molar-refractivity contribution in [3.63, 3.8) is 0 Å². The van der Waals surface area contributed by atoms with E-state index in [9.17, 15) is 8.42 Å². The molecule has 3 nitrogen and oxygen atoms in total. The zero-order valence-electron chi connectivity index (χ0n) is 14.9. The van der Waals surface area contributed by atoms with Crippen molar-refractivity contribution < 1.29 is 8.42 Å². The van der Waals surface area contributed by atoms with Crippen LogP contribution in [0, 0.1) is 6.92 Å². The highest BCUT2D eigenvalue weighted by Crippen LogP contribution is 2.17. The molecule has 0 radical (unpaired) electrons. The summed E-state index contributed by atoms with van der Waals surface area (Å²) in [6.45, 7) is 2.14. The first kappa shape index (κ1) is 19.4. The molecule has 0 unspecified atom stereocenters. The molecule has 0 fully saturated rings. The van der Waals surface area contributed by atoms with Crippen LogP contribution in [0.4, 0.5) is 0 Å². The van der Waals surface area contributed by atoms with Crippen LogP contribution < -0.4 is 4.72 Å². The van der Waals surface area contributed by atoms with Crippen molar-refractivity contribution in [2.24, 2.45) is 0 Å². The van der Waals surface area contributed by atoms with Gasteiger partial charge in [0.05, 0.1) is 4.90 Å². The molecule has 0 amide bonds. The number of benzene rings is 3. The van der Waals surface area contributed by atoms with Gasteiger partial charge in [-0.2, -0.15) is 0 Å². The average molecular weight is 398 g/mol. The van der Waals surface area contributed by atoms with Gasteiger partial charge in [-0.05, 0) is 47.9 Å². The molecule has 0 saturated carbocycles. The van der Waals surface area contributed by atoms with Crippen molar-refractivity contribution in [2.75, 3.05) is 0 Å². The van der Waals surface area contributed by atoms with E-state index in [-0.39, 0.29) is 11.4 Å². The van der Waals surface area contributed by atoms with Gasteiger partial charge in [0.2, 0.25) is 10.0 Å². The number of hydrogen-bond acceptors (Lipinski definition) is 2. The van der Waals surface area contributed by atoms with Gasteiger partial charge in [0.1, 0.15) is 0 Å². The summed E-state index contributed by atoms with van der Waals surface area (Å²) >= 11 is 5.91. The summed E-state index contributed by atoms with van der Waals surface area (Å²) in [4.78, 5) is 0.266. The molecule has 0 atom stereocenters. The van der Waals surface area contributed by atoms with Crippen LogP contribution in [-0.4, -0.2) is 8.42 Å². The molecular formula is C22H20ClNO2S. The topological polar surface area (TPSA) is 46.2 Å². The Bertz CT molecular complexity index is 1040. The minimum atomic E-state index is -3.55. The summed E-state index contributed by atoms with van der Waals surface area (Å²) in [5.74, 6) is 0. The second kappa shape index (κ2) is 8.53. The standard InChI is InChI=1S/C22H20ClNO2S/c1-17-6-14-22(15-7-17)27(25,26)24-16-20-5-3-2-4-19(20)11-8-18-9-12-21(23)13-10-18/h2-15,24H,16H2,1H3/b11-8+. The number of aryl methyl sites for hydroxylation is 1. The van der Waals surface area contributed by atoms with Crippen LogP contribution in [0.15, 0.2) is 77.7 Å². The van der Waals surface area contributed by atoms with Crippen LogP contribution in [0.3, 0.4) is 0 Å². The SMILES string of the molecule is Cc1ccc(S(=O)(=O)NCc2ccccc2/C=C/c2ccc(Cl)cc2)cc1. The van der Waals surface area contributed by atoms with Crippen LogP contribution >= 0.6 is 11.6 Å². The third kappa shape index (κ3) is 5.30. The first-order valence-corrected chi connectivity index (χ1v) is 10.4. The first-order chi connectivity index (χ1) is 12.9. The molecule has 27 heavy (non-hydrogen) atoms. The van der Waals surface area contributed by atoms with Crippen LogP contribution in [0.1, 0.15) is 22.3 Å². The summed E-state index contributed by atoms with van der Waals surface area (Å²) in [6, 6.07) is 22.0. The second-order valence-electron chi connectivity index (χ2n) is 6.22. The van der Waals surface area contributed by atoms with E-state index in [2.05, 4.69) is 4.72 Å². The van der Waals surface area contributed by atoms with Crippen molar-refractivity contribution in [3.05, 3.63) is 100 Å². The molecule has 3 aromatic rings. The molecule has 0 saturated heterocycles. The maximum absolute atomic E-state index is 12.5. The summed E-state index contributed by atoms with van der Waals surface area (Å²) in [6.07, 6.45) is 3.95. The van der Waals surface area contributed by atoms with Gasteiger partial charge in [-0.25, -0.2) is 13.1 Å². The van der Waals surface area contributed by atoms with Gasteiger partial charge in [0.25, 0.3) is 0 Å². The van der Waals surface area contributed by atoms with Gasteiger partial charge in [0, 0.05) is 11.6 Å². The number of hydrogen-bond donors (Lipinski definition) is 1. The summed E-state index contributed by atoms with van der Waals surface area (Å²) < 4.78 is 27.7. The molecule has 3 aromatic carbocycles. The monoisotopic (exact) mass is 397 g/mol. The van der Waals surface area contributed by atoms with E-state index < -0.39 is 10.0 Å². The van der Waals surface area contributed by atoms with Gasteiger partial charge >= 0.3 is 0 Å². The van der Waals surface area contributed by atoms with E-state index in [1.807, 2.05) is 67.6 Å². The Balaban J connectivity index is 1.76. The molecule has 0 heterocycles. The lowest BCUT2D eigenvalue weighted by molar-refractivity contribution is 0.581. The fraction of sp³-hybridized carbons (Fsp3) is 0.0909. The third-order valence-corrected chi connectivity index (χ3v) is 5.83. The molecule has 3 rings (SSSR count). The van der Waals surface area contributed by atoms with E-state index in [1.165, 1.54) is 0 Å². The summed E-state index contributed by atoms with van der Waals surface area (Å²) in [7, 11) is -3.55. The predicted octanol–water partition coefficient (Wildman–Crippen LogP) is 5.30. The van der Waals surface area contributed by atoms with Crippen molar-refractivity contribution >= 4 is 33.8 Å². The van der Waals surface area contributed by atoms with Gasteiger partial charge in [0.15, 0.2) is 0 Å². The minimum Gasteiger partial charge on any atom is -0.207 e. The molecular weight excluding hydrogens is 378 g/mol. The molecule has 0 aliphatic carbocycles. The quantitative estimate of drug-likeness (QED) is 0.574. The van der Waals surface area contributed by atoms with E-state index in [0.29, 0.717) is 5.02 Å². The van der Waals surface area contributed by atoms with Gasteiger partial charge in [-0.15, -0.1) is 0 Å². The Kier molecular flexibility index (Phi) is 6.11. The second-order valence-corrected chi connectivity index (χ2v) is 8.42. The Morgan fingerprint density at radius 1 is 0.889 bits per heavy atom. The Morgan fingerprint density at radius 2 is 1.56 bits per heavy atom. The summed E-state index contributed by atoms with van der Waals surface area (Å²) in [5, 5.41) is 0.693. The zero-order chi connectivity index (χ0) is 19.3. The molecule has 138 valence electrons. The van der Waals surface area contributed by atoms with Crippen molar-refractivity contribution in [2.45, 2.75) is 18.4 Å². The summed E-state index contributed by atoms with van der Waals surface area (Å²) in [5.41, 5.74) is 3.90. The molecule has 0 aromatic heterocycles. The molecule has 0 spiro atoms. The lowest BCUT2D eigenvalue weighted by atomic mass is 10.1. The van der Waals surface area contributed by atoms with E-state index in [1.54, 1.807) is 24.3 Å². The van der Waals surface area contributed by atoms with Crippen LogP contribution in [0.25, 0.3) is 12.2 Å². The highest BCUT2D eigenvalue weighted by molar-refractivity contribution is 7.89. The van der Waals surface area contributed by atoms with Crippen molar-refractivity contribution in [1.29, 1.82) is 0 Å². The first-order valence-electron chi connectivity index (χ1n) is 8.52. The number of nitrogens with one attached hydrogen (secondary N) is 1. The number of halogens is 1. The van der Waals surface area contributed by atoms with Gasteiger partial charge in [-0.3, -0.25) is 0 Å². The molecule has 5 heteroatoms. The van der Waals surface area contributed by atoms with Crippen molar-refractivity contribution in [1.82, 2.24) is 4.72 Å². The predicted molar refractivity (Wildman–Crippen MR) is 112 cm³/mol. The lowest BCUT2D eigenvalue weighted by Gasteiger charge is -2.09. The molecule has 0 bridgehead atoms. The molecule has 0 aliphatic heterocycles. The molecule has 1 N–H and O–H groups in total. The van der Waals surface area contributed by atoms with Crippen molar-refractivity contribution in [3.8, 4) is 0 Å². The van der Waals surface area contributed by atoms with E-state index in [4.69, 9.17) is 11.6 Å². The average Bonchev–Trinajstić information content (AvgIpc) is 2.67. The minimum absolute atomic E-state index is 0.220. The molecule has 0 aliphatic rings. The number of sulfonamides is 1. The maximum atomic E-state index is 12.5. The number of rotatable bonds is 6. The Morgan fingerprint density at radius 3 is 2.26 bits per heavy atom. The van der Waals surface area contributed by atoms with Gasteiger partial charge in [-0.1, -0.05) is 77.8 Å². The fourth-order valence-corrected chi connectivity index (χ4v) is 3.72. The third-order valence-electron chi connectivity index (χ3n) is 4.16. The Labute approximate surface area is 165 Å². The van der Waals surface area contributed by atoms with Crippen LogP contribution in [0.2, 0.25) is 5.02 Å². The van der Waals surface area contributed by atoms with E-state index >= 15 is 0 Å². The highest BCUT2D eigenvalue weighted by Gasteiger charge is 2.13. The highest BCUT2D eigenvalue weighted by atomic mass is 35.5.